The Kier molecular flexibility index (Phi) is 5.95. The van der Waals surface area contributed by atoms with Gasteiger partial charge in [-0.05, 0) is 33.7 Å². The van der Waals surface area contributed by atoms with Gasteiger partial charge in [-0.25, -0.2) is 0 Å². The molecule has 1 unspecified atom stereocenters. The van der Waals surface area contributed by atoms with E-state index < -0.39 is 0 Å². The Morgan fingerprint density at radius 3 is 2.76 bits per heavy atom. The Balaban J connectivity index is 2.67. The van der Waals surface area contributed by atoms with Crippen molar-refractivity contribution in [3.05, 3.63) is 16.4 Å². The fourth-order valence-corrected chi connectivity index (χ4v) is 2.16. The van der Waals surface area contributed by atoms with Crippen molar-refractivity contribution in [1.29, 1.82) is 0 Å². The van der Waals surface area contributed by atoms with Crippen LogP contribution in [-0.4, -0.2) is 36.6 Å². The maximum Gasteiger partial charge on any atom is 0.0847 e. The number of likely N-dealkylation sites (N-methyl/N-ethyl adjacent to an activating group) is 1. The first-order valence-electron chi connectivity index (χ1n) is 6.02. The number of aryl methyl sites for hydroxylation is 2. The van der Waals surface area contributed by atoms with Gasteiger partial charge in [0.2, 0.25) is 0 Å². The lowest BCUT2D eigenvalue weighted by atomic mass is 10.1. The highest BCUT2D eigenvalue weighted by molar-refractivity contribution is 6.31. The van der Waals surface area contributed by atoms with Crippen LogP contribution in [0.3, 0.4) is 0 Å². The first kappa shape index (κ1) is 14.5. The molecule has 0 spiro atoms. The van der Waals surface area contributed by atoms with Crippen LogP contribution in [-0.2, 0) is 17.7 Å². The normalized spacial score (nSPS) is 13.0. The van der Waals surface area contributed by atoms with Crippen molar-refractivity contribution >= 4 is 11.6 Å². The molecule has 1 aromatic heterocycles. The second kappa shape index (κ2) is 6.99. The van der Waals surface area contributed by atoms with Gasteiger partial charge in [-0.1, -0.05) is 11.6 Å². The summed E-state index contributed by atoms with van der Waals surface area (Å²) in [6.45, 7) is 5.60. The van der Waals surface area contributed by atoms with E-state index >= 15 is 0 Å². The van der Waals surface area contributed by atoms with E-state index in [4.69, 9.17) is 16.3 Å². The number of hydrogen-bond donors (Lipinski definition) is 1. The van der Waals surface area contributed by atoms with Crippen molar-refractivity contribution in [1.82, 2.24) is 15.1 Å². The van der Waals surface area contributed by atoms with Crippen LogP contribution in [0.4, 0.5) is 0 Å². The molecule has 98 valence electrons. The minimum atomic E-state index is 0.358. The number of ether oxygens (including phenoxy) is 1. The summed E-state index contributed by atoms with van der Waals surface area (Å²) in [6.07, 6.45) is 1.91. The first-order valence-corrected chi connectivity index (χ1v) is 6.39. The van der Waals surface area contributed by atoms with E-state index in [1.807, 2.05) is 18.7 Å². The van der Waals surface area contributed by atoms with Gasteiger partial charge in [0.1, 0.15) is 0 Å². The molecule has 1 aromatic rings. The molecule has 4 nitrogen and oxygen atoms in total. The summed E-state index contributed by atoms with van der Waals surface area (Å²) in [5.41, 5.74) is 2.04. The van der Waals surface area contributed by atoms with Gasteiger partial charge in [-0.2, -0.15) is 5.10 Å². The molecule has 1 atom stereocenters. The van der Waals surface area contributed by atoms with Crippen LogP contribution in [0.2, 0.25) is 5.02 Å². The standard InChI is InChI=1S/C12H22ClN3O/c1-5-16-11(12(13)9(2)15-16)7-6-10(14-3)8-17-4/h10,14H,5-8H2,1-4H3. The van der Waals surface area contributed by atoms with Crippen LogP contribution in [0.25, 0.3) is 0 Å². The smallest absolute Gasteiger partial charge is 0.0847 e. The minimum Gasteiger partial charge on any atom is -0.383 e. The van der Waals surface area contributed by atoms with E-state index in [2.05, 4.69) is 17.3 Å². The molecule has 0 aliphatic heterocycles. The van der Waals surface area contributed by atoms with Gasteiger partial charge in [0.05, 0.1) is 23.0 Å². The molecule has 0 saturated carbocycles. The van der Waals surface area contributed by atoms with Crippen LogP contribution in [0, 0.1) is 6.92 Å². The van der Waals surface area contributed by atoms with E-state index in [1.165, 1.54) is 0 Å². The third-order valence-corrected chi connectivity index (χ3v) is 3.45. The number of hydrogen-bond acceptors (Lipinski definition) is 3. The number of aromatic nitrogens is 2. The van der Waals surface area contributed by atoms with Crippen molar-refractivity contribution in [3.63, 3.8) is 0 Å². The molecule has 1 N–H and O–H groups in total. The molecule has 0 aromatic carbocycles. The van der Waals surface area contributed by atoms with E-state index in [9.17, 15) is 0 Å². The maximum absolute atomic E-state index is 6.26. The summed E-state index contributed by atoms with van der Waals surface area (Å²) >= 11 is 6.26. The monoisotopic (exact) mass is 259 g/mol. The number of nitrogens with one attached hydrogen (secondary N) is 1. The van der Waals surface area contributed by atoms with Crippen LogP contribution in [0.15, 0.2) is 0 Å². The van der Waals surface area contributed by atoms with Gasteiger partial charge in [-0.15, -0.1) is 0 Å². The average molecular weight is 260 g/mol. The van der Waals surface area contributed by atoms with Gasteiger partial charge in [0, 0.05) is 19.7 Å². The molecule has 1 rings (SSSR count). The summed E-state index contributed by atoms with van der Waals surface area (Å²) in [6, 6.07) is 0.358. The largest absolute Gasteiger partial charge is 0.383 e. The van der Waals surface area contributed by atoms with Crippen molar-refractivity contribution in [2.24, 2.45) is 0 Å². The van der Waals surface area contributed by atoms with Gasteiger partial charge in [0.15, 0.2) is 0 Å². The van der Waals surface area contributed by atoms with Crippen LogP contribution in [0.1, 0.15) is 24.7 Å². The lowest BCUT2D eigenvalue weighted by Crippen LogP contribution is -2.30. The number of nitrogens with zero attached hydrogens (tertiary/aromatic N) is 2. The van der Waals surface area contributed by atoms with Crippen molar-refractivity contribution in [3.8, 4) is 0 Å². The molecule has 0 amide bonds. The third-order valence-electron chi connectivity index (χ3n) is 2.96. The maximum atomic E-state index is 6.26. The van der Waals surface area contributed by atoms with Crippen molar-refractivity contribution < 1.29 is 4.74 Å². The first-order chi connectivity index (χ1) is 8.13. The number of halogens is 1. The molecule has 0 radical (unpaired) electrons. The van der Waals surface area contributed by atoms with Gasteiger partial charge >= 0.3 is 0 Å². The summed E-state index contributed by atoms with van der Waals surface area (Å²) in [5.74, 6) is 0. The Hall–Kier alpha value is -0.580. The average Bonchev–Trinajstić information content (AvgIpc) is 2.61. The van der Waals surface area contributed by atoms with Gasteiger partial charge < -0.3 is 10.1 Å². The molecular formula is C12H22ClN3O. The van der Waals surface area contributed by atoms with E-state index in [-0.39, 0.29) is 0 Å². The molecule has 0 bridgehead atoms. The highest BCUT2D eigenvalue weighted by Crippen LogP contribution is 2.22. The fraction of sp³-hybridized carbons (Fsp3) is 0.750. The zero-order valence-electron chi connectivity index (χ0n) is 11.1. The lowest BCUT2D eigenvalue weighted by Gasteiger charge is -2.15. The molecule has 0 aliphatic rings. The third kappa shape index (κ3) is 3.69. The zero-order valence-corrected chi connectivity index (χ0v) is 11.8. The zero-order chi connectivity index (χ0) is 12.8. The van der Waals surface area contributed by atoms with Crippen LogP contribution in [0.5, 0.6) is 0 Å². The lowest BCUT2D eigenvalue weighted by molar-refractivity contribution is 0.166. The molecular weight excluding hydrogens is 238 g/mol. The van der Waals surface area contributed by atoms with Crippen molar-refractivity contribution in [2.45, 2.75) is 39.3 Å². The number of methoxy groups -OCH3 is 1. The van der Waals surface area contributed by atoms with Gasteiger partial charge in [0.25, 0.3) is 0 Å². The summed E-state index contributed by atoms with van der Waals surface area (Å²) in [4.78, 5) is 0. The predicted octanol–water partition coefficient (Wildman–Crippen LogP) is 2.03. The highest BCUT2D eigenvalue weighted by atomic mass is 35.5. The summed E-state index contributed by atoms with van der Waals surface area (Å²) < 4.78 is 7.14. The van der Waals surface area contributed by atoms with Gasteiger partial charge in [-0.3, -0.25) is 4.68 Å². The molecule has 5 heteroatoms. The quantitative estimate of drug-likeness (QED) is 0.815. The number of rotatable bonds is 7. The topological polar surface area (TPSA) is 39.1 Å². The Bertz CT molecular complexity index is 352. The molecule has 0 aliphatic carbocycles. The second-order valence-electron chi connectivity index (χ2n) is 4.14. The minimum absolute atomic E-state index is 0.358. The summed E-state index contributed by atoms with van der Waals surface area (Å²) in [5, 5.41) is 8.46. The molecule has 1 heterocycles. The predicted molar refractivity (Wildman–Crippen MR) is 70.7 cm³/mol. The highest BCUT2D eigenvalue weighted by Gasteiger charge is 2.14. The van der Waals surface area contributed by atoms with E-state index in [0.717, 1.165) is 35.8 Å². The van der Waals surface area contributed by atoms with E-state index in [1.54, 1.807) is 7.11 Å². The van der Waals surface area contributed by atoms with Crippen molar-refractivity contribution in [2.75, 3.05) is 20.8 Å². The molecule has 0 saturated heterocycles. The summed E-state index contributed by atoms with van der Waals surface area (Å²) in [7, 11) is 3.67. The van der Waals surface area contributed by atoms with Crippen LogP contribution >= 0.6 is 11.6 Å². The van der Waals surface area contributed by atoms with Crippen LogP contribution < -0.4 is 5.32 Å². The SMILES string of the molecule is CCn1nc(C)c(Cl)c1CCC(COC)NC. The Labute approximate surface area is 108 Å². The molecule has 0 fully saturated rings. The Morgan fingerprint density at radius 1 is 1.53 bits per heavy atom. The Morgan fingerprint density at radius 2 is 2.24 bits per heavy atom. The van der Waals surface area contributed by atoms with E-state index in [0.29, 0.717) is 12.6 Å². The molecule has 17 heavy (non-hydrogen) atoms. The fourth-order valence-electron chi connectivity index (χ4n) is 1.93. The second-order valence-corrected chi connectivity index (χ2v) is 4.52.